The van der Waals surface area contributed by atoms with E-state index >= 15 is 0 Å². The fourth-order valence-corrected chi connectivity index (χ4v) is 1.89. The molecule has 2 rings (SSSR count). The van der Waals surface area contributed by atoms with E-state index in [1.807, 2.05) is 31.2 Å². The second kappa shape index (κ2) is 7.32. The lowest BCUT2D eigenvalue weighted by Crippen LogP contribution is -2.23. The Morgan fingerprint density at radius 2 is 2.00 bits per heavy atom. The van der Waals surface area contributed by atoms with Crippen LogP contribution >= 0.6 is 12.2 Å². The number of anilines is 1. The number of nitrogens with zero attached hydrogens (tertiary/aromatic N) is 2. The molecule has 0 heterocycles. The molecule has 0 bridgehead atoms. The summed E-state index contributed by atoms with van der Waals surface area (Å²) in [4.78, 5) is 10.2. The van der Waals surface area contributed by atoms with Gasteiger partial charge in [0, 0.05) is 23.4 Å². The summed E-state index contributed by atoms with van der Waals surface area (Å²) < 4.78 is 0. The molecule has 0 aliphatic carbocycles. The summed E-state index contributed by atoms with van der Waals surface area (Å²) in [5.41, 5.74) is 4.60. The molecule has 3 N–H and O–H groups in total. The van der Waals surface area contributed by atoms with Gasteiger partial charge in [-0.1, -0.05) is 17.7 Å². The molecule has 0 amide bonds. The molecule has 118 valence electrons. The van der Waals surface area contributed by atoms with E-state index in [1.54, 1.807) is 0 Å². The first kappa shape index (κ1) is 16.4. The first-order valence-corrected chi connectivity index (χ1v) is 7.00. The Hall–Kier alpha value is -3.00. The zero-order valence-corrected chi connectivity index (χ0v) is 13.0. The minimum Gasteiger partial charge on any atom is -0.507 e. The lowest BCUT2D eigenvalue weighted by atomic mass is 10.2. The van der Waals surface area contributed by atoms with Crippen LogP contribution in [0.25, 0.3) is 0 Å². The van der Waals surface area contributed by atoms with Gasteiger partial charge in [-0.25, -0.2) is 0 Å². The number of benzene rings is 2. The standard InChI is InChI=1S/C15H14N4O3S/c1-10-2-4-12(5-3-10)17-15(23)18-16-9-11-8-13(19(21)22)6-7-14(11)20/h2-9,20H,1H3,(H2,17,18,23)/b16-9+. The van der Waals surface area contributed by atoms with E-state index in [9.17, 15) is 15.2 Å². The number of phenolic OH excluding ortho intramolecular Hbond substituents is 1. The van der Waals surface area contributed by atoms with Crippen molar-refractivity contribution in [1.82, 2.24) is 5.43 Å². The molecule has 0 radical (unpaired) electrons. The predicted molar refractivity (Wildman–Crippen MR) is 92.9 cm³/mol. The van der Waals surface area contributed by atoms with E-state index in [0.29, 0.717) is 0 Å². The van der Waals surface area contributed by atoms with Gasteiger partial charge in [0.2, 0.25) is 0 Å². The first-order valence-electron chi connectivity index (χ1n) is 6.60. The van der Waals surface area contributed by atoms with Crippen molar-refractivity contribution in [1.29, 1.82) is 0 Å². The van der Waals surface area contributed by atoms with E-state index in [1.165, 1.54) is 24.4 Å². The molecule has 2 aromatic carbocycles. The van der Waals surface area contributed by atoms with Gasteiger partial charge in [-0.3, -0.25) is 15.5 Å². The molecule has 8 heteroatoms. The highest BCUT2D eigenvalue weighted by molar-refractivity contribution is 7.80. The van der Waals surface area contributed by atoms with Crippen LogP contribution in [0.15, 0.2) is 47.6 Å². The summed E-state index contributed by atoms with van der Waals surface area (Å²) in [6.45, 7) is 1.98. The maximum absolute atomic E-state index is 10.7. The number of hydrogen-bond acceptors (Lipinski definition) is 5. The summed E-state index contributed by atoms with van der Waals surface area (Å²) in [6.07, 6.45) is 1.26. The van der Waals surface area contributed by atoms with Crippen LogP contribution in [0.5, 0.6) is 5.75 Å². The zero-order valence-electron chi connectivity index (χ0n) is 12.2. The van der Waals surface area contributed by atoms with E-state index in [4.69, 9.17) is 12.2 Å². The molecule has 0 fully saturated rings. The second-order valence-corrected chi connectivity index (χ2v) is 5.10. The molecule has 0 aromatic heterocycles. The van der Waals surface area contributed by atoms with Gasteiger partial charge in [0.05, 0.1) is 11.1 Å². The fourth-order valence-electron chi connectivity index (χ4n) is 1.72. The maximum atomic E-state index is 10.7. The van der Waals surface area contributed by atoms with Gasteiger partial charge in [0.15, 0.2) is 5.11 Å². The Morgan fingerprint density at radius 1 is 1.30 bits per heavy atom. The van der Waals surface area contributed by atoms with Crippen LogP contribution in [0.1, 0.15) is 11.1 Å². The van der Waals surface area contributed by atoms with Crippen LogP contribution in [0.3, 0.4) is 0 Å². The Labute approximate surface area is 137 Å². The molecule has 0 unspecified atom stereocenters. The van der Waals surface area contributed by atoms with E-state index in [0.717, 1.165) is 11.3 Å². The van der Waals surface area contributed by atoms with Gasteiger partial charge in [-0.2, -0.15) is 5.10 Å². The Morgan fingerprint density at radius 3 is 2.65 bits per heavy atom. The van der Waals surface area contributed by atoms with Gasteiger partial charge >= 0.3 is 0 Å². The molecular weight excluding hydrogens is 316 g/mol. The van der Waals surface area contributed by atoms with Crippen LogP contribution in [0.2, 0.25) is 0 Å². The molecular formula is C15H14N4O3S. The first-order chi connectivity index (χ1) is 11.0. The number of nitro benzene ring substituents is 1. The van der Waals surface area contributed by atoms with Crippen molar-refractivity contribution in [3.05, 3.63) is 63.7 Å². The van der Waals surface area contributed by atoms with Crippen LogP contribution in [-0.4, -0.2) is 21.4 Å². The minimum atomic E-state index is -0.548. The number of thiocarbonyl (C=S) groups is 1. The monoisotopic (exact) mass is 330 g/mol. The van der Waals surface area contributed by atoms with Crippen molar-refractivity contribution in [2.75, 3.05) is 5.32 Å². The maximum Gasteiger partial charge on any atom is 0.270 e. The summed E-state index contributed by atoms with van der Waals surface area (Å²) in [7, 11) is 0. The van der Waals surface area contributed by atoms with Crippen LogP contribution in [-0.2, 0) is 0 Å². The molecule has 0 atom stereocenters. The predicted octanol–water partition coefficient (Wildman–Crippen LogP) is 2.93. The van der Waals surface area contributed by atoms with Crippen molar-refractivity contribution in [2.45, 2.75) is 6.92 Å². The average Bonchev–Trinajstić information content (AvgIpc) is 2.51. The number of hydrogen-bond donors (Lipinski definition) is 3. The molecule has 0 spiro atoms. The Kier molecular flexibility index (Phi) is 5.21. The third-order valence-corrected chi connectivity index (χ3v) is 3.09. The van der Waals surface area contributed by atoms with E-state index in [2.05, 4.69) is 15.8 Å². The van der Waals surface area contributed by atoms with Crippen LogP contribution < -0.4 is 10.7 Å². The number of nitro groups is 1. The molecule has 0 saturated carbocycles. The Balaban J connectivity index is 1.98. The third kappa shape index (κ3) is 4.75. The molecule has 23 heavy (non-hydrogen) atoms. The smallest absolute Gasteiger partial charge is 0.270 e. The van der Waals surface area contributed by atoms with Crippen LogP contribution in [0, 0.1) is 17.0 Å². The topological polar surface area (TPSA) is 99.8 Å². The number of non-ortho nitro benzene ring substituents is 1. The number of aryl methyl sites for hydroxylation is 1. The van der Waals surface area contributed by atoms with Gasteiger partial charge in [-0.15, -0.1) is 0 Å². The average molecular weight is 330 g/mol. The number of phenols is 1. The van der Waals surface area contributed by atoms with Crippen molar-refractivity contribution in [2.24, 2.45) is 5.10 Å². The zero-order chi connectivity index (χ0) is 16.8. The number of nitrogens with one attached hydrogen (secondary N) is 2. The summed E-state index contributed by atoms with van der Waals surface area (Å²) in [5.74, 6) is -0.112. The second-order valence-electron chi connectivity index (χ2n) is 4.69. The number of aromatic hydroxyl groups is 1. The molecule has 0 aliphatic heterocycles. The van der Waals surface area contributed by atoms with Gasteiger partial charge in [0.1, 0.15) is 5.75 Å². The van der Waals surface area contributed by atoms with Crippen LogP contribution in [0.4, 0.5) is 11.4 Å². The van der Waals surface area contributed by atoms with Gasteiger partial charge in [-0.05, 0) is 37.3 Å². The Bertz CT molecular complexity index is 760. The summed E-state index contributed by atoms with van der Waals surface area (Å²) >= 11 is 5.08. The van der Waals surface area contributed by atoms with Crippen molar-refractivity contribution in [3.8, 4) is 5.75 Å². The summed E-state index contributed by atoms with van der Waals surface area (Å²) in [5, 5.41) is 27.4. The van der Waals surface area contributed by atoms with E-state index < -0.39 is 4.92 Å². The highest BCUT2D eigenvalue weighted by Gasteiger charge is 2.08. The highest BCUT2D eigenvalue weighted by atomic mass is 32.1. The van der Waals surface area contributed by atoms with Gasteiger partial charge < -0.3 is 10.4 Å². The third-order valence-electron chi connectivity index (χ3n) is 2.90. The lowest BCUT2D eigenvalue weighted by Gasteiger charge is -2.07. The summed E-state index contributed by atoms with van der Waals surface area (Å²) in [6, 6.07) is 11.3. The van der Waals surface area contributed by atoms with Gasteiger partial charge in [0.25, 0.3) is 5.69 Å². The fraction of sp³-hybridized carbons (Fsp3) is 0.0667. The molecule has 0 aliphatic rings. The van der Waals surface area contributed by atoms with E-state index in [-0.39, 0.29) is 22.1 Å². The van der Waals surface area contributed by atoms with Crippen molar-refractivity contribution >= 4 is 34.9 Å². The molecule has 7 nitrogen and oxygen atoms in total. The molecule has 2 aromatic rings. The lowest BCUT2D eigenvalue weighted by molar-refractivity contribution is -0.384. The normalized spacial score (nSPS) is 10.5. The quantitative estimate of drug-likeness (QED) is 0.345. The largest absolute Gasteiger partial charge is 0.507 e. The minimum absolute atomic E-state index is 0.112. The van der Waals surface area contributed by atoms with Crippen molar-refractivity contribution < 1.29 is 10.0 Å². The number of rotatable bonds is 4. The van der Waals surface area contributed by atoms with Crippen molar-refractivity contribution in [3.63, 3.8) is 0 Å². The highest BCUT2D eigenvalue weighted by Crippen LogP contribution is 2.21. The number of hydrazone groups is 1. The SMILES string of the molecule is Cc1ccc(NC(=S)N/N=C/c2cc([N+](=O)[O-])ccc2O)cc1. The molecule has 0 saturated heterocycles.